The first-order chi connectivity index (χ1) is 4.72. The molecule has 0 radical (unpaired) electrons. The molecule has 0 saturated carbocycles. The average Bonchev–Trinajstić information content (AvgIpc) is 2.36. The third-order valence-electron chi connectivity index (χ3n) is 1.30. The van der Waals surface area contributed by atoms with Crippen molar-refractivity contribution in [2.45, 2.75) is 12.8 Å². The highest BCUT2D eigenvalue weighted by atomic mass is 32.1. The molecular formula is C6H8N2OS. The predicted octanol–water partition coefficient (Wildman–Crippen LogP) is 0.732. The Hall–Kier alpha value is -0.900. The Morgan fingerprint density at radius 1 is 1.90 bits per heavy atom. The number of aromatic nitrogens is 1. The molecule has 54 valence electrons. The van der Waals surface area contributed by atoms with Crippen LogP contribution in [0.5, 0.6) is 0 Å². The van der Waals surface area contributed by atoms with Crippen LogP contribution in [0.25, 0.3) is 0 Å². The standard InChI is InChI=1S/C6H8N2OS/c1-4(6(7)9)5-2-8-3-10-5/h2-4H,1H3,(H2,7,9). The van der Waals surface area contributed by atoms with Crippen molar-refractivity contribution in [3.05, 3.63) is 16.6 Å². The molecule has 0 bridgehead atoms. The Morgan fingerprint density at radius 2 is 2.60 bits per heavy atom. The molecule has 3 nitrogen and oxygen atoms in total. The molecule has 0 aliphatic rings. The van der Waals surface area contributed by atoms with Crippen LogP contribution in [0.15, 0.2) is 11.7 Å². The second-order valence-corrected chi connectivity index (χ2v) is 2.95. The Bertz CT molecular complexity index is 220. The highest BCUT2D eigenvalue weighted by molar-refractivity contribution is 7.09. The van der Waals surface area contributed by atoms with E-state index in [-0.39, 0.29) is 11.8 Å². The molecule has 1 atom stereocenters. The van der Waals surface area contributed by atoms with Gasteiger partial charge in [-0.2, -0.15) is 0 Å². The fourth-order valence-electron chi connectivity index (χ4n) is 0.580. The minimum absolute atomic E-state index is 0.201. The molecule has 10 heavy (non-hydrogen) atoms. The fraction of sp³-hybridized carbons (Fsp3) is 0.333. The second-order valence-electron chi connectivity index (χ2n) is 2.03. The second kappa shape index (κ2) is 2.79. The first-order valence-corrected chi connectivity index (χ1v) is 3.77. The summed E-state index contributed by atoms with van der Waals surface area (Å²) in [5.41, 5.74) is 6.76. The van der Waals surface area contributed by atoms with Crippen molar-refractivity contribution >= 4 is 17.2 Å². The summed E-state index contributed by atoms with van der Waals surface area (Å²) >= 11 is 1.45. The van der Waals surface area contributed by atoms with Crippen LogP contribution in [0.2, 0.25) is 0 Å². The first kappa shape index (κ1) is 7.21. The summed E-state index contributed by atoms with van der Waals surface area (Å²) < 4.78 is 0. The molecule has 1 unspecified atom stereocenters. The normalized spacial score (nSPS) is 12.9. The third-order valence-corrected chi connectivity index (χ3v) is 2.26. The van der Waals surface area contributed by atoms with Gasteiger partial charge in [0.2, 0.25) is 5.91 Å². The van der Waals surface area contributed by atoms with Gasteiger partial charge in [-0.15, -0.1) is 11.3 Å². The van der Waals surface area contributed by atoms with Gasteiger partial charge in [0.1, 0.15) is 0 Å². The van der Waals surface area contributed by atoms with Gasteiger partial charge in [0.25, 0.3) is 0 Å². The van der Waals surface area contributed by atoms with E-state index in [9.17, 15) is 4.79 Å². The highest BCUT2D eigenvalue weighted by Crippen LogP contribution is 2.17. The predicted molar refractivity (Wildman–Crippen MR) is 39.7 cm³/mol. The summed E-state index contributed by atoms with van der Waals surface area (Å²) in [6, 6.07) is 0. The molecule has 1 aromatic rings. The van der Waals surface area contributed by atoms with Crippen molar-refractivity contribution in [2.75, 3.05) is 0 Å². The van der Waals surface area contributed by atoms with Crippen molar-refractivity contribution in [3.8, 4) is 0 Å². The zero-order valence-electron chi connectivity index (χ0n) is 5.57. The Kier molecular flexibility index (Phi) is 2.01. The number of rotatable bonds is 2. The van der Waals surface area contributed by atoms with E-state index in [1.54, 1.807) is 18.6 Å². The van der Waals surface area contributed by atoms with Crippen LogP contribution in [-0.4, -0.2) is 10.9 Å². The summed E-state index contributed by atoms with van der Waals surface area (Å²) in [5, 5.41) is 0. The minimum Gasteiger partial charge on any atom is -0.369 e. The molecule has 0 saturated heterocycles. The Balaban J connectivity index is 2.77. The van der Waals surface area contributed by atoms with Gasteiger partial charge in [0, 0.05) is 11.1 Å². The quantitative estimate of drug-likeness (QED) is 0.686. The molecule has 2 N–H and O–H groups in total. The maximum Gasteiger partial charge on any atom is 0.225 e. The monoisotopic (exact) mass is 156 g/mol. The first-order valence-electron chi connectivity index (χ1n) is 2.89. The van der Waals surface area contributed by atoms with Crippen LogP contribution in [0.4, 0.5) is 0 Å². The topological polar surface area (TPSA) is 56.0 Å². The van der Waals surface area contributed by atoms with E-state index in [4.69, 9.17) is 5.73 Å². The van der Waals surface area contributed by atoms with Gasteiger partial charge in [0.15, 0.2) is 0 Å². The largest absolute Gasteiger partial charge is 0.369 e. The molecule has 1 rings (SSSR count). The van der Waals surface area contributed by atoms with E-state index < -0.39 is 0 Å². The van der Waals surface area contributed by atoms with E-state index in [0.29, 0.717) is 0 Å². The smallest absolute Gasteiger partial charge is 0.225 e. The number of primary amides is 1. The summed E-state index contributed by atoms with van der Waals surface area (Å²) in [5.74, 6) is -0.503. The van der Waals surface area contributed by atoms with E-state index in [1.807, 2.05) is 0 Å². The van der Waals surface area contributed by atoms with Crippen LogP contribution in [0, 0.1) is 0 Å². The van der Waals surface area contributed by atoms with Crippen LogP contribution in [-0.2, 0) is 4.79 Å². The van der Waals surface area contributed by atoms with Gasteiger partial charge in [-0.3, -0.25) is 9.78 Å². The maximum absolute atomic E-state index is 10.6. The number of carbonyl (C=O) groups excluding carboxylic acids is 1. The molecule has 0 aromatic carbocycles. The minimum atomic E-state index is -0.302. The summed E-state index contributed by atoms with van der Waals surface area (Å²) in [4.78, 5) is 15.4. The van der Waals surface area contributed by atoms with Gasteiger partial charge in [0.05, 0.1) is 11.4 Å². The van der Waals surface area contributed by atoms with Crippen molar-refractivity contribution < 1.29 is 4.79 Å². The lowest BCUT2D eigenvalue weighted by atomic mass is 10.1. The molecule has 0 fully saturated rings. The maximum atomic E-state index is 10.6. The lowest BCUT2D eigenvalue weighted by Gasteiger charge is -2.00. The van der Waals surface area contributed by atoms with E-state index in [2.05, 4.69) is 4.98 Å². The number of hydrogen-bond donors (Lipinski definition) is 1. The Labute approximate surface area is 62.9 Å². The van der Waals surface area contributed by atoms with Gasteiger partial charge < -0.3 is 5.73 Å². The number of nitrogens with two attached hydrogens (primary N) is 1. The molecular weight excluding hydrogens is 148 g/mol. The fourth-order valence-corrected chi connectivity index (χ4v) is 1.27. The van der Waals surface area contributed by atoms with E-state index in [1.165, 1.54) is 11.3 Å². The Morgan fingerprint density at radius 3 is 3.00 bits per heavy atom. The van der Waals surface area contributed by atoms with Crippen molar-refractivity contribution in [1.29, 1.82) is 0 Å². The number of amides is 1. The van der Waals surface area contributed by atoms with Crippen molar-refractivity contribution in [3.63, 3.8) is 0 Å². The van der Waals surface area contributed by atoms with Crippen LogP contribution in [0.1, 0.15) is 17.7 Å². The summed E-state index contributed by atoms with van der Waals surface area (Å²) in [6.07, 6.45) is 1.67. The third kappa shape index (κ3) is 1.33. The van der Waals surface area contributed by atoms with Gasteiger partial charge in [-0.1, -0.05) is 0 Å². The lowest BCUT2D eigenvalue weighted by Crippen LogP contribution is -2.17. The average molecular weight is 156 g/mol. The SMILES string of the molecule is CC(C(N)=O)c1cncs1. The lowest BCUT2D eigenvalue weighted by molar-refractivity contribution is -0.119. The van der Waals surface area contributed by atoms with E-state index >= 15 is 0 Å². The molecule has 1 aromatic heterocycles. The number of hydrogen-bond acceptors (Lipinski definition) is 3. The molecule has 0 aliphatic carbocycles. The van der Waals surface area contributed by atoms with Crippen LogP contribution >= 0.6 is 11.3 Å². The zero-order chi connectivity index (χ0) is 7.56. The molecule has 1 amide bonds. The molecule has 0 spiro atoms. The molecule has 0 aliphatic heterocycles. The van der Waals surface area contributed by atoms with Gasteiger partial charge in [-0.05, 0) is 6.92 Å². The van der Waals surface area contributed by atoms with Crippen LogP contribution < -0.4 is 5.73 Å². The molecule has 1 heterocycles. The summed E-state index contributed by atoms with van der Waals surface area (Å²) in [7, 11) is 0. The van der Waals surface area contributed by atoms with Gasteiger partial charge >= 0.3 is 0 Å². The number of thiazole rings is 1. The number of nitrogens with zero attached hydrogens (tertiary/aromatic N) is 1. The summed E-state index contributed by atoms with van der Waals surface area (Å²) in [6.45, 7) is 1.77. The van der Waals surface area contributed by atoms with Crippen LogP contribution in [0.3, 0.4) is 0 Å². The highest BCUT2D eigenvalue weighted by Gasteiger charge is 2.11. The van der Waals surface area contributed by atoms with Crippen molar-refractivity contribution in [2.24, 2.45) is 5.73 Å². The van der Waals surface area contributed by atoms with Gasteiger partial charge in [-0.25, -0.2) is 0 Å². The van der Waals surface area contributed by atoms with Crippen molar-refractivity contribution in [1.82, 2.24) is 4.98 Å². The molecule has 4 heteroatoms. The zero-order valence-corrected chi connectivity index (χ0v) is 6.39. The number of carbonyl (C=O) groups is 1. The van der Waals surface area contributed by atoms with E-state index in [0.717, 1.165) is 4.88 Å².